The van der Waals surface area contributed by atoms with E-state index in [0.29, 0.717) is 5.02 Å². The van der Waals surface area contributed by atoms with E-state index in [-0.39, 0.29) is 0 Å². The molecule has 0 atom stereocenters. The number of nitrogens with zero attached hydrogens (tertiary/aromatic N) is 1. The topological polar surface area (TPSA) is 12.4 Å². The van der Waals surface area contributed by atoms with Crippen LogP contribution in [0.3, 0.4) is 0 Å². The molecular weight excluding hydrogens is 241 g/mol. The van der Waals surface area contributed by atoms with Gasteiger partial charge in [0.1, 0.15) is 0 Å². The van der Waals surface area contributed by atoms with Gasteiger partial charge in [0.25, 0.3) is 0 Å². The fourth-order valence-electron chi connectivity index (χ4n) is 1.23. The summed E-state index contributed by atoms with van der Waals surface area (Å²) in [5.41, 5.74) is 1.89. The summed E-state index contributed by atoms with van der Waals surface area (Å²) in [6.07, 6.45) is 1.79. The van der Waals surface area contributed by atoms with Crippen molar-refractivity contribution in [3.8, 4) is 0 Å². The third-order valence-electron chi connectivity index (χ3n) is 2.06. The minimum absolute atomic E-state index is 0.713. The molecule has 0 aliphatic heterocycles. The Kier molecular flexibility index (Phi) is 3.60. The summed E-state index contributed by atoms with van der Waals surface area (Å²) in [4.78, 5) is 4.32. The van der Waals surface area contributed by atoms with Gasteiger partial charge in [-0.25, -0.2) is 0 Å². The fourth-order valence-corrected chi connectivity index (χ4v) is 1.48. The van der Waals surface area contributed by atoms with Crippen LogP contribution in [0.4, 0.5) is 5.69 Å². The Labute approximate surface area is 104 Å². The highest BCUT2D eigenvalue weighted by atomic mass is 35.5. The summed E-state index contributed by atoms with van der Waals surface area (Å²) in [6.45, 7) is 0. The fraction of sp³-hybridized carbons (Fsp3) is 0. The smallest absolute Gasteiger partial charge is 0.0630 e. The standard InChI is InChI=1S/C13H9Cl2N/c14-11-3-1-10(2-4-11)9-16-13-7-5-12(15)6-8-13/h1-9H/b16-9-. The van der Waals surface area contributed by atoms with Gasteiger partial charge in [0.15, 0.2) is 0 Å². The van der Waals surface area contributed by atoms with Crippen molar-refractivity contribution < 1.29 is 0 Å². The first-order chi connectivity index (χ1) is 7.74. The predicted molar refractivity (Wildman–Crippen MR) is 70.2 cm³/mol. The minimum atomic E-state index is 0.713. The molecule has 0 aromatic heterocycles. The molecule has 80 valence electrons. The number of rotatable bonds is 2. The molecule has 0 N–H and O–H groups in total. The van der Waals surface area contributed by atoms with Crippen molar-refractivity contribution in [2.24, 2.45) is 4.99 Å². The molecule has 0 heterocycles. The van der Waals surface area contributed by atoms with E-state index in [4.69, 9.17) is 23.2 Å². The van der Waals surface area contributed by atoms with Crippen LogP contribution in [0.2, 0.25) is 10.0 Å². The van der Waals surface area contributed by atoms with Crippen molar-refractivity contribution in [1.29, 1.82) is 0 Å². The molecule has 0 aliphatic rings. The maximum Gasteiger partial charge on any atom is 0.0630 e. The summed E-state index contributed by atoms with van der Waals surface area (Å²) < 4.78 is 0. The number of aliphatic imine (C=N–C) groups is 1. The van der Waals surface area contributed by atoms with Crippen molar-refractivity contribution in [2.75, 3.05) is 0 Å². The highest BCUT2D eigenvalue weighted by Gasteiger charge is 1.90. The number of halogens is 2. The van der Waals surface area contributed by atoms with Gasteiger partial charge < -0.3 is 0 Å². The van der Waals surface area contributed by atoms with Crippen LogP contribution in [0.25, 0.3) is 0 Å². The molecule has 0 aliphatic carbocycles. The van der Waals surface area contributed by atoms with Crippen LogP contribution in [0, 0.1) is 0 Å². The Morgan fingerprint density at radius 1 is 0.750 bits per heavy atom. The van der Waals surface area contributed by atoms with Gasteiger partial charge in [0.2, 0.25) is 0 Å². The quantitative estimate of drug-likeness (QED) is 0.682. The SMILES string of the molecule is Clc1ccc(/C=N\c2ccc(Cl)cc2)cc1. The molecule has 16 heavy (non-hydrogen) atoms. The zero-order chi connectivity index (χ0) is 11.4. The first kappa shape index (κ1) is 11.2. The molecule has 1 nitrogen and oxygen atoms in total. The molecule has 0 amide bonds. The average Bonchev–Trinajstić information content (AvgIpc) is 2.30. The first-order valence-corrected chi connectivity index (χ1v) is 5.55. The van der Waals surface area contributed by atoms with E-state index in [9.17, 15) is 0 Å². The van der Waals surface area contributed by atoms with Gasteiger partial charge in [0, 0.05) is 16.3 Å². The summed E-state index contributed by atoms with van der Waals surface area (Å²) in [6, 6.07) is 14.9. The predicted octanol–water partition coefficient (Wildman–Crippen LogP) is 4.74. The maximum atomic E-state index is 5.79. The van der Waals surface area contributed by atoms with E-state index in [1.54, 1.807) is 6.21 Å². The normalized spacial score (nSPS) is 10.9. The first-order valence-electron chi connectivity index (χ1n) is 4.79. The summed E-state index contributed by atoms with van der Waals surface area (Å²) >= 11 is 11.6. The van der Waals surface area contributed by atoms with Crippen molar-refractivity contribution in [3.05, 3.63) is 64.1 Å². The molecule has 0 spiro atoms. The molecule has 0 saturated heterocycles. The van der Waals surface area contributed by atoms with Crippen LogP contribution in [-0.4, -0.2) is 6.21 Å². The Hall–Kier alpha value is -1.31. The van der Waals surface area contributed by atoms with E-state index in [1.807, 2.05) is 48.5 Å². The average molecular weight is 250 g/mol. The van der Waals surface area contributed by atoms with Gasteiger partial charge in [-0.05, 0) is 42.0 Å². The van der Waals surface area contributed by atoms with Gasteiger partial charge in [0.05, 0.1) is 5.69 Å². The van der Waals surface area contributed by atoms with Gasteiger partial charge in [-0.1, -0.05) is 35.3 Å². The lowest BCUT2D eigenvalue weighted by Gasteiger charge is -1.95. The van der Waals surface area contributed by atoms with Gasteiger partial charge in [-0.3, -0.25) is 4.99 Å². The van der Waals surface area contributed by atoms with Gasteiger partial charge in [-0.2, -0.15) is 0 Å². The van der Waals surface area contributed by atoms with E-state index in [1.165, 1.54) is 0 Å². The van der Waals surface area contributed by atoms with Gasteiger partial charge >= 0.3 is 0 Å². The van der Waals surface area contributed by atoms with Crippen LogP contribution >= 0.6 is 23.2 Å². The van der Waals surface area contributed by atoms with Crippen molar-refractivity contribution in [2.45, 2.75) is 0 Å². The van der Waals surface area contributed by atoms with E-state index in [2.05, 4.69) is 4.99 Å². The van der Waals surface area contributed by atoms with Gasteiger partial charge in [-0.15, -0.1) is 0 Å². The minimum Gasteiger partial charge on any atom is -0.256 e. The highest BCUT2D eigenvalue weighted by molar-refractivity contribution is 6.30. The van der Waals surface area contributed by atoms with Crippen LogP contribution in [0.15, 0.2) is 53.5 Å². The molecule has 0 radical (unpaired) electrons. The second-order valence-electron chi connectivity index (χ2n) is 3.29. The number of hydrogen-bond acceptors (Lipinski definition) is 1. The van der Waals surface area contributed by atoms with Crippen molar-refractivity contribution >= 4 is 35.1 Å². The molecule has 3 heteroatoms. The van der Waals surface area contributed by atoms with Crippen LogP contribution in [0.1, 0.15) is 5.56 Å². The molecule has 0 unspecified atom stereocenters. The van der Waals surface area contributed by atoms with E-state index >= 15 is 0 Å². The third-order valence-corrected chi connectivity index (χ3v) is 2.56. The zero-order valence-corrected chi connectivity index (χ0v) is 9.91. The summed E-state index contributed by atoms with van der Waals surface area (Å²) in [7, 11) is 0. The molecule has 0 fully saturated rings. The van der Waals surface area contributed by atoms with E-state index in [0.717, 1.165) is 16.3 Å². The Morgan fingerprint density at radius 3 is 1.81 bits per heavy atom. The van der Waals surface area contributed by atoms with Crippen molar-refractivity contribution in [1.82, 2.24) is 0 Å². The van der Waals surface area contributed by atoms with Crippen molar-refractivity contribution in [3.63, 3.8) is 0 Å². The molecule has 2 aromatic carbocycles. The molecule has 0 saturated carbocycles. The number of benzene rings is 2. The maximum absolute atomic E-state index is 5.79. The van der Waals surface area contributed by atoms with Crippen LogP contribution in [-0.2, 0) is 0 Å². The Morgan fingerprint density at radius 2 is 1.25 bits per heavy atom. The lowest BCUT2D eigenvalue weighted by molar-refractivity contribution is 1.52. The molecule has 2 aromatic rings. The highest BCUT2D eigenvalue weighted by Crippen LogP contribution is 2.16. The second-order valence-corrected chi connectivity index (χ2v) is 4.16. The van der Waals surface area contributed by atoms with E-state index < -0.39 is 0 Å². The summed E-state index contributed by atoms with van der Waals surface area (Å²) in [5.74, 6) is 0. The Bertz CT molecular complexity index is 439. The molecule has 0 bridgehead atoms. The Balaban J connectivity index is 2.15. The number of hydrogen-bond donors (Lipinski definition) is 0. The summed E-state index contributed by atoms with van der Waals surface area (Å²) in [5, 5.41) is 1.44. The third kappa shape index (κ3) is 3.09. The van der Waals surface area contributed by atoms with Crippen LogP contribution in [0.5, 0.6) is 0 Å². The molecule has 2 rings (SSSR count). The monoisotopic (exact) mass is 249 g/mol. The molecular formula is C13H9Cl2N. The zero-order valence-electron chi connectivity index (χ0n) is 8.40. The largest absolute Gasteiger partial charge is 0.256 e. The lowest BCUT2D eigenvalue weighted by atomic mass is 10.2. The lowest BCUT2D eigenvalue weighted by Crippen LogP contribution is -1.78. The van der Waals surface area contributed by atoms with Crippen LogP contribution < -0.4 is 0 Å². The second kappa shape index (κ2) is 5.15.